The Morgan fingerprint density at radius 3 is 2.82 bits per heavy atom. The topological polar surface area (TPSA) is 86.6 Å². The van der Waals surface area contributed by atoms with E-state index in [4.69, 9.17) is 5.41 Å². The molecule has 0 atom stereocenters. The summed E-state index contributed by atoms with van der Waals surface area (Å²) in [6, 6.07) is -0.866. The van der Waals surface area contributed by atoms with E-state index < -0.39 is 6.03 Å². The number of urea groups is 1. The molecule has 0 fully saturated rings. The molecule has 0 aromatic rings. The molecule has 0 bridgehead atoms. The van der Waals surface area contributed by atoms with Crippen LogP contribution in [0.25, 0.3) is 0 Å². The van der Waals surface area contributed by atoms with E-state index in [1.165, 1.54) is 20.5 Å². The van der Waals surface area contributed by atoms with Gasteiger partial charge in [0.1, 0.15) is 0 Å². The lowest BCUT2D eigenvalue weighted by Crippen LogP contribution is -2.39. The van der Waals surface area contributed by atoms with Crippen molar-refractivity contribution in [1.29, 1.82) is 5.41 Å². The Hall–Kier alpha value is -1.59. The number of carbonyl (C=O) groups is 1. The quantitative estimate of drug-likeness (QED) is 0.355. The Labute approximate surface area is 64.2 Å². The lowest BCUT2D eigenvalue weighted by Gasteiger charge is -2.02. The molecule has 0 aromatic carbocycles. The highest BCUT2D eigenvalue weighted by atomic mass is 16.5. The fraction of sp³-hybridized carbons (Fsp3) is 0.400. The number of amides is 2. The molecular formula is C5H10N4O2. The molecule has 11 heavy (non-hydrogen) atoms. The molecule has 0 aliphatic heterocycles. The van der Waals surface area contributed by atoms with Crippen LogP contribution < -0.4 is 10.6 Å². The predicted octanol–water partition coefficient (Wildman–Crippen LogP) is -0.475. The lowest BCUT2D eigenvalue weighted by molar-refractivity contribution is 0.246. The highest BCUT2D eigenvalue weighted by Gasteiger charge is 1.99. The minimum Gasteiger partial charge on any atom is -0.468 e. The largest absolute Gasteiger partial charge is 0.468 e. The Bertz CT molecular complexity index is 177. The Kier molecular flexibility index (Phi) is 4.46. The van der Waals surface area contributed by atoms with Crippen LogP contribution in [-0.4, -0.2) is 32.5 Å². The summed E-state index contributed by atoms with van der Waals surface area (Å²) in [7, 11) is 2.80. The summed E-state index contributed by atoms with van der Waals surface area (Å²) in [6.45, 7) is 0. The molecule has 0 heterocycles. The second-order valence-corrected chi connectivity index (χ2v) is 1.52. The number of nitrogens with one attached hydrogen (secondary N) is 3. The van der Waals surface area contributed by atoms with E-state index in [2.05, 4.69) is 20.4 Å². The fourth-order valence-electron chi connectivity index (χ4n) is 0.313. The molecule has 0 rings (SSSR count). The molecule has 0 saturated carbocycles. The summed E-state index contributed by atoms with van der Waals surface area (Å²) in [5.74, 6) is 0. The number of nitrogens with zero attached hydrogens (tertiary/aromatic N) is 1. The van der Waals surface area contributed by atoms with Crippen molar-refractivity contribution in [3.8, 4) is 0 Å². The van der Waals surface area contributed by atoms with Crippen molar-refractivity contribution in [3.63, 3.8) is 0 Å². The molecule has 0 spiro atoms. The number of carbonyl (C=O) groups excluding carboxylic acids is 1. The smallest absolute Gasteiger partial charge is 0.327 e. The van der Waals surface area contributed by atoms with Gasteiger partial charge < -0.3 is 4.74 Å². The zero-order valence-corrected chi connectivity index (χ0v) is 6.34. The molecule has 0 radical (unpaired) electrons. The summed E-state index contributed by atoms with van der Waals surface area (Å²) >= 11 is 0. The van der Waals surface area contributed by atoms with Crippen molar-refractivity contribution in [2.45, 2.75) is 0 Å². The maximum absolute atomic E-state index is 10.6. The summed E-state index contributed by atoms with van der Waals surface area (Å²) < 4.78 is 4.37. The predicted molar refractivity (Wildman–Crippen MR) is 40.8 cm³/mol. The molecule has 0 saturated heterocycles. The molecule has 0 aliphatic rings. The summed E-state index contributed by atoms with van der Waals surface area (Å²) in [6.07, 6.45) is 1.21. The second kappa shape index (κ2) is 5.21. The van der Waals surface area contributed by atoms with Crippen LogP contribution in [0.2, 0.25) is 0 Å². The normalized spacial score (nSPS) is 9.27. The Balaban J connectivity index is 3.60. The average molecular weight is 158 g/mol. The van der Waals surface area contributed by atoms with Crippen LogP contribution in [0.4, 0.5) is 4.79 Å². The van der Waals surface area contributed by atoms with Gasteiger partial charge in [0.15, 0.2) is 0 Å². The van der Waals surface area contributed by atoms with Crippen LogP contribution in [0.5, 0.6) is 0 Å². The minimum absolute atomic E-state index is 0.313. The van der Waals surface area contributed by atoms with E-state index in [1.54, 1.807) is 0 Å². The van der Waals surface area contributed by atoms with Crippen LogP contribution in [0, 0.1) is 5.41 Å². The lowest BCUT2D eigenvalue weighted by atomic mass is 10.9. The molecule has 2 amide bonds. The molecule has 0 unspecified atom stereocenters. The number of hydrogen-bond acceptors (Lipinski definition) is 4. The maximum atomic E-state index is 10.6. The monoisotopic (exact) mass is 158 g/mol. The first kappa shape index (κ1) is 9.41. The van der Waals surface area contributed by atoms with E-state index in [1.807, 2.05) is 0 Å². The number of methoxy groups -OCH3 is 1. The third-order valence-electron chi connectivity index (χ3n) is 0.756. The maximum Gasteiger partial charge on any atom is 0.327 e. The molecule has 3 N–H and O–H groups in total. The number of ether oxygens (including phenoxy) is 1. The molecule has 6 nitrogen and oxygen atoms in total. The van der Waals surface area contributed by atoms with Crippen LogP contribution in [0.3, 0.4) is 0 Å². The third-order valence-corrected chi connectivity index (χ3v) is 0.756. The van der Waals surface area contributed by atoms with Crippen molar-refractivity contribution in [2.24, 2.45) is 4.99 Å². The summed E-state index contributed by atoms with van der Waals surface area (Å²) in [4.78, 5) is 14.1. The summed E-state index contributed by atoms with van der Waals surface area (Å²) in [5, 5.41) is 11.2. The summed E-state index contributed by atoms with van der Waals surface area (Å²) in [5.41, 5.74) is 0. The van der Waals surface area contributed by atoms with Gasteiger partial charge in [-0.25, -0.2) is 4.79 Å². The highest BCUT2D eigenvalue weighted by Crippen LogP contribution is 1.67. The van der Waals surface area contributed by atoms with E-state index >= 15 is 0 Å². The third kappa shape index (κ3) is 4.89. The first-order valence-electron chi connectivity index (χ1n) is 2.81. The highest BCUT2D eigenvalue weighted by molar-refractivity contribution is 5.96. The molecule has 0 aromatic heterocycles. The van der Waals surface area contributed by atoms with Gasteiger partial charge in [0.25, 0.3) is 6.02 Å². The van der Waals surface area contributed by atoms with Crippen molar-refractivity contribution in [1.82, 2.24) is 10.6 Å². The van der Waals surface area contributed by atoms with Gasteiger partial charge in [-0.05, 0) is 0 Å². The van der Waals surface area contributed by atoms with Gasteiger partial charge in [0.2, 0.25) is 0 Å². The van der Waals surface area contributed by atoms with Gasteiger partial charge in [0, 0.05) is 7.05 Å². The van der Waals surface area contributed by atoms with Crippen LogP contribution in [0.1, 0.15) is 0 Å². The van der Waals surface area contributed by atoms with E-state index in [0.29, 0.717) is 0 Å². The van der Waals surface area contributed by atoms with E-state index in [-0.39, 0.29) is 6.02 Å². The Morgan fingerprint density at radius 2 is 2.36 bits per heavy atom. The van der Waals surface area contributed by atoms with Gasteiger partial charge >= 0.3 is 6.03 Å². The fourth-order valence-corrected chi connectivity index (χ4v) is 0.313. The number of aliphatic imine (C=N–C) groups is 1. The first-order valence-corrected chi connectivity index (χ1v) is 2.81. The average Bonchev–Trinajstić information content (AvgIpc) is 2.00. The standard InChI is InChI=1S/C5H10N4O2/c1-7-3-8-5(10)9-4(6)11-2/h3H,1-2H3,(H3,6,7,8,9,10). The van der Waals surface area contributed by atoms with Gasteiger partial charge in [0.05, 0.1) is 13.4 Å². The number of amidine groups is 1. The van der Waals surface area contributed by atoms with Gasteiger partial charge in [-0.3, -0.25) is 21.0 Å². The van der Waals surface area contributed by atoms with Crippen LogP contribution >= 0.6 is 0 Å². The van der Waals surface area contributed by atoms with Crippen molar-refractivity contribution < 1.29 is 9.53 Å². The van der Waals surface area contributed by atoms with Crippen LogP contribution in [0.15, 0.2) is 4.99 Å². The minimum atomic E-state index is -0.553. The van der Waals surface area contributed by atoms with Crippen LogP contribution in [-0.2, 0) is 4.74 Å². The zero-order chi connectivity index (χ0) is 8.69. The van der Waals surface area contributed by atoms with Crippen molar-refractivity contribution in [2.75, 3.05) is 14.2 Å². The number of hydrogen-bond donors (Lipinski definition) is 3. The number of rotatable bonds is 1. The first-order chi connectivity index (χ1) is 5.20. The van der Waals surface area contributed by atoms with Gasteiger partial charge in [-0.15, -0.1) is 0 Å². The molecule has 62 valence electrons. The Morgan fingerprint density at radius 1 is 1.73 bits per heavy atom. The van der Waals surface area contributed by atoms with Gasteiger partial charge in [-0.1, -0.05) is 0 Å². The second-order valence-electron chi connectivity index (χ2n) is 1.52. The SMILES string of the molecule is C/N=C\NC(=O)NC(=N)OC. The van der Waals surface area contributed by atoms with Crippen molar-refractivity contribution in [3.05, 3.63) is 0 Å². The van der Waals surface area contributed by atoms with Crippen molar-refractivity contribution >= 4 is 18.4 Å². The van der Waals surface area contributed by atoms with E-state index in [0.717, 1.165) is 0 Å². The molecule has 0 aliphatic carbocycles. The van der Waals surface area contributed by atoms with E-state index in [9.17, 15) is 4.79 Å². The van der Waals surface area contributed by atoms with Gasteiger partial charge in [-0.2, -0.15) is 0 Å². The zero-order valence-electron chi connectivity index (χ0n) is 6.34. The molecule has 6 heteroatoms. The molecular weight excluding hydrogens is 148 g/mol.